The van der Waals surface area contributed by atoms with Crippen LogP contribution in [0.1, 0.15) is 48.9 Å². The van der Waals surface area contributed by atoms with Gasteiger partial charge >= 0.3 is 0 Å². The summed E-state index contributed by atoms with van der Waals surface area (Å²) in [4.78, 5) is 0. The van der Waals surface area contributed by atoms with Gasteiger partial charge in [0.05, 0.1) is 0 Å². The number of aryl methyl sites for hydroxylation is 3. The van der Waals surface area contributed by atoms with Crippen LogP contribution in [0.3, 0.4) is 0 Å². The lowest BCUT2D eigenvalue weighted by molar-refractivity contribution is 0.544. The van der Waals surface area contributed by atoms with Crippen LogP contribution in [-0.2, 0) is 5.31 Å². The monoisotopic (exact) mass is 292 g/mol. The first-order chi connectivity index (χ1) is 10.5. The SMILES string of the molecule is CCC(CC)(B(C)c1ccccc1)c1c(C)cc(C)cc1C. The number of hydrogen-bond acceptors (Lipinski definition) is 0. The second-order valence-electron chi connectivity index (χ2n) is 6.77. The molecule has 2 aromatic carbocycles. The molecular formula is C21H29B. The van der Waals surface area contributed by atoms with Crippen LogP contribution in [0.5, 0.6) is 0 Å². The highest BCUT2D eigenvalue weighted by Crippen LogP contribution is 2.38. The van der Waals surface area contributed by atoms with E-state index in [1.165, 1.54) is 35.0 Å². The maximum Gasteiger partial charge on any atom is 0.183 e. The highest BCUT2D eigenvalue weighted by atomic mass is 14.3. The molecule has 0 atom stereocenters. The van der Waals surface area contributed by atoms with E-state index >= 15 is 0 Å². The zero-order chi connectivity index (χ0) is 16.3. The van der Waals surface area contributed by atoms with E-state index in [0.717, 1.165) is 0 Å². The van der Waals surface area contributed by atoms with Crippen LogP contribution < -0.4 is 5.46 Å². The first-order valence-electron chi connectivity index (χ1n) is 8.59. The van der Waals surface area contributed by atoms with Gasteiger partial charge in [-0.25, -0.2) is 0 Å². The fourth-order valence-corrected chi connectivity index (χ4v) is 4.46. The maximum absolute atomic E-state index is 2.40. The first kappa shape index (κ1) is 16.9. The van der Waals surface area contributed by atoms with Gasteiger partial charge in [0.2, 0.25) is 0 Å². The smallest absolute Gasteiger partial charge is 0.0810 e. The standard InChI is InChI=1S/C21H29B/c1-7-21(8-2,22(6)19-12-10-9-11-13-19)20-17(4)14-16(3)15-18(20)5/h9-15H,7-8H2,1-6H3. The van der Waals surface area contributed by atoms with E-state index < -0.39 is 0 Å². The van der Waals surface area contributed by atoms with Crippen molar-refractivity contribution in [1.82, 2.24) is 0 Å². The van der Waals surface area contributed by atoms with Gasteiger partial charge in [0.15, 0.2) is 6.71 Å². The molecule has 0 saturated heterocycles. The van der Waals surface area contributed by atoms with E-state index in [9.17, 15) is 0 Å². The fourth-order valence-electron chi connectivity index (χ4n) is 4.46. The van der Waals surface area contributed by atoms with Gasteiger partial charge in [-0.05, 0) is 42.8 Å². The Balaban J connectivity index is 2.63. The van der Waals surface area contributed by atoms with Crippen molar-refractivity contribution in [2.24, 2.45) is 0 Å². The minimum Gasteiger partial charge on any atom is -0.0810 e. The molecule has 0 fully saturated rings. The molecule has 2 rings (SSSR count). The first-order valence-corrected chi connectivity index (χ1v) is 8.59. The zero-order valence-corrected chi connectivity index (χ0v) is 15.0. The van der Waals surface area contributed by atoms with Gasteiger partial charge in [0, 0.05) is 0 Å². The number of hydrogen-bond donors (Lipinski definition) is 0. The summed E-state index contributed by atoms with van der Waals surface area (Å²) in [6.45, 7) is 14.4. The van der Waals surface area contributed by atoms with Crippen LogP contribution in [0.2, 0.25) is 6.82 Å². The minimum atomic E-state index is 0.212. The van der Waals surface area contributed by atoms with Crippen LogP contribution in [0, 0.1) is 20.8 Å². The number of rotatable bonds is 5. The van der Waals surface area contributed by atoms with Gasteiger partial charge in [-0.15, -0.1) is 0 Å². The van der Waals surface area contributed by atoms with Gasteiger partial charge in [-0.3, -0.25) is 0 Å². The molecule has 0 aliphatic rings. The molecule has 22 heavy (non-hydrogen) atoms. The molecule has 0 aliphatic carbocycles. The molecule has 0 amide bonds. The molecule has 2 aromatic rings. The van der Waals surface area contributed by atoms with Crippen molar-refractivity contribution in [3.63, 3.8) is 0 Å². The predicted octanol–water partition coefficient (Wildman–Crippen LogP) is 5.24. The third kappa shape index (κ3) is 2.86. The van der Waals surface area contributed by atoms with E-state index in [4.69, 9.17) is 0 Å². The van der Waals surface area contributed by atoms with E-state index in [1.807, 2.05) is 0 Å². The summed E-state index contributed by atoms with van der Waals surface area (Å²) >= 11 is 0. The van der Waals surface area contributed by atoms with E-state index in [1.54, 1.807) is 5.56 Å². The maximum atomic E-state index is 2.40. The highest BCUT2D eigenvalue weighted by Gasteiger charge is 2.39. The molecule has 0 radical (unpaired) electrons. The van der Waals surface area contributed by atoms with Crippen molar-refractivity contribution >= 4 is 12.2 Å². The van der Waals surface area contributed by atoms with E-state index in [-0.39, 0.29) is 5.31 Å². The summed E-state index contributed by atoms with van der Waals surface area (Å²) in [5, 5.41) is 0.212. The van der Waals surface area contributed by atoms with Gasteiger partial charge < -0.3 is 0 Å². The van der Waals surface area contributed by atoms with Gasteiger partial charge in [-0.2, -0.15) is 0 Å². The van der Waals surface area contributed by atoms with Crippen molar-refractivity contribution in [2.75, 3.05) is 0 Å². The molecule has 0 heterocycles. The average molecular weight is 292 g/mol. The molecule has 0 aromatic heterocycles. The molecule has 116 valence electrons. The Hall–Kier alpha value is -1.50. The van der Waals surface area contributed by atoms with Crippen molar-refractivity contribution in [1.29, 1.82) is 0 Å². The third-order valence-corrected chi connectivity index (χ3v) is 5.57. The molecule has 0 aliphatic heterocycles. The normalized spacial score (nSPS) is 11.5. The van der Waals surface area contributed by atoms with Crippen LogP contribution in [0.4, 0.5) is 0 Å². The molecule has 0 unspecified atom stereocenters. The van der Waals surface area contributed by atoms with Gasteiger partial charge in [0.1, 0.15) is 0 Å². The van der Waals surface area contributed by atoms with E-state index in [2.05, 4.69) is 83.9 Å². The Morgan fingerprint density at radius 2 is 1.36 bits per heavy atom. The Kier molecular flexibility index (Phi) is 5.16. The minimum absolute atomic E-state index is 0.212. The topological polar surface area (TPSA) is 0 Å². The summed E-state index contributed by atoms with van der Waals surface area (Å²) in [5.41, 5.74) is 7.28. The summed E-state index contributed by atoms with van der Waals surface area (Å²) in [5.74, 6) is 0. The Morgan fingerprint density at radius 3 is 1.82 bits per heavy atom. The Bertz CT molecular complexity index is 601. The summed E-state index contributed by atoms with van der Waals surface area (Å²) in [6, 6.07) is 15.7. The second-order valence-corrected chi connectivity index (χ2v) is 6.77. The van der Waals surface area contributed by atoms with E-state index in [0.29, 0.717) is 6.71 Å². The fraction of sp³-hybridized carbons (Fsp3) is 0.429. The Labute approximate surface area is 137 Å². The molecular weight excluding hydrogens is 263 g/mol. The number of benzene rings is 2. The quantitative estimate of drug-likeness (QED) is 0.661. The summed E-state index contributed by atoms with van der Waals surface area (Å²) < 4.78 is 0. The third-order valence-electron chi connectivity index (χ3n) is 5.57. The molecule has 0 N–H and O–H groups in total. The zero-order valence-electron chi connectivity index (χ0n) is 15.0. The highest BCUT2D eigenvalue weighted by molar-refractivity contribution is 6.74. The predicted molar refractivity (Wildman–Crippen MR) is 101 cm³/mol. The van der Waals surface area contributed by atoms with Crippen molar-refractivity contribution < 1.29 is 0 Å². The molecule has 0 spiro atoms. The molecule has 0 saturated carbocycles. The van der Waals surface area contributed by atoms with Gasteiger partial charge in [-0.1, -0.05) is 87.0 Å². The summed E-state index contributed by atoms with van der Waals surface area (Å²) in [7, 11) is 0. The van der Waals surface area contributed by atoms with Crippen LogP contribution in [0.25, 0.3) is 0 Å². The van der Waals surface area contributed by atoms with Crippen LogP contribution in [0.15, 0.2) is 42.5 Å². The van der Waals surface area contributed by atoms with Crippen molar-refractivity contribution in [3.8, 4) is 0 Å². The van der Waals surface area contributed by atoms with Crippen molar-refractivity contribution in [2.45, 2.75) is 59.6 Å². The van der Waals surface area contributed by atoms with Crippen LogP contribution in [-0.4, -0.2) is 6.71 Å². The lowest BCUT2D eigenvalue weighted by atomic mass is 9.28. The Morgan fingerprint density at radius 1 is 0.864 bits per heavy atom. The lowest BCUT2D eigenvalue weighted by Gasteiger charge is -2.39. The molecule has 1 heteroatoms. The largest absolute Gasteiger partial charge is 0.183 e. The lowest BCUT2D eigenvalue weighted by Crippen LogP contribution is -2.49. The molecule has 0 bridgehead atoms. The second kappa shape index (κ2) is 6.73. The van der Waals surface area contributed by atoms with Crippen molar-refractivity contribution in [3.05, 3.63) is 64.7 Å². The van der Waals surface area contributed by atoms with Crippen LogP contribution >= 0.6 is 0 Å². The summed E-state index contributed by atoms with van der Waals surface area (Å²) in [6.07, 6.45) is 2.34. The molecule has 0 nitrogen and oxygen atoms in total. The van der Waals surface area contributed by atoms with Gasteiger partial charge in [0.25, 0.3) is 0 Å². The average Bonchev–Trinajstić information content (AvgIpc) is 2.51.